The summed E-state index contributed by atoms with van der Waals surface area (Å²) in [5, 5.41) is 2.76. The summed E-state index contributed by atoms with van der Waals surface area (Å²) < 4.78 is 12.3. The summed E-state index contributed by atoms with van der Waals surface area (Å²) in [6, 6.07) is 16.1. The third kappa shape index (κ3) is 5.58. The molecule has 0 spiro atoms. The number of carbonyl (C=O) groups excluding carboxylic acids is 1. The Balaban J connectivity index is 1.85. The van der Waals surface area contributed by atoms with E-state index in [0.717, 1.165) is 9.79 Å². The first-order chi connectivity index (χ1) is 11.1. The smallest absolute Gasteiger partial charge is 0.241 e. The highest BCUT2D eigenvalue weighted by Crippen LogP contribution is 2.20. The minimum Gasteiger partial charge on any atom is -0.611 e. The minimum absolute atomic E-state index is 0.258. The van der Waals surface area contributed by atoms with Crippen LogP contribution in [0.15, 0.2) is 64.4 Å². The molecule has 0 aliphatic rings. The zero-order chi connectivity index (χ0) is 16.7. The van der Waals surface area contributed by atoms with E-state index in [0.29, 0.717) is 17.9 Å². The Bertz CT molecular complexity index is 638. The Morgan fingerprint density at radius 3 is 2.70 bits per heavy atom. The first-order valence-corrected chi connectivity index (χ1v) is 9.78. The van der Waals surface area contributed by atoms with Gasteiger partial charge in [0, 0.05) is 23.1 Å². The van der Waals surface area contributed by atoms with Gasteiger partial charge in [-0.05, 0) is 41.7 Å². The lowest BCUT2D eigenvalue weighted by atomic mass is 10.2. The van der Waals surface area contributed by atoms with Crippen LogP contribution in [0.2, 0.25) is 0 Å². The van der Waals surface area contributed by atoms with Crippen molar-refractivity contribution in [3.05, 3.63) is 54.6 Å². The molecule has 2 atom stereocenters. The summed E-state index contributed by atoms with van der Waals surface area (Å²) in [6.45, 7) is 0. The van der Waals surface area contributed by atoms with Gasteiger partial charge >= 0.3 is 0 Å². The van der Waals surface area contributed by atoms with E-state index in [1.807, 2.05) is 48.7 Å². The molecule has 2 aromatic rings. The number of nitrogens with one attached hydrogen (secondary N) is 1. The molecule has 122 valence electrons. The summed E-state index contributed by atoms with van der Waals surface area (Å²) in [5.41, 5.74) is 6.61. The van der Waals surface area contributed by atoms with E-state index in [4.69, 9.17) is 5.73 Å². The maximum absolute atomic E-state index is 12.3. The molecule has 23 heavy (non-hydrogen) atoms. The van der Waals surface area contributed by atoms with E-state index in [1.54, 1.807) is 23.9 Å². The number of hydrogen-bond acceptors (Lipinski definition) is 4. The summed E-state index contributed by atoms with van der Waals surface area (Å²) in [7, 11) is 0. The molecule has 0 aromatic heterocycles. The van der Waals surface area contributed by atoms with E-state index in [-0.39, 0.29) is 5.91 Å². The number of para-hydroxylation sites is 1. The lowest BCUT2D eigenvalue weighted by Gasteiger charge is -2.15. The number of benzene rings is 2. The molecule has 2 rings (SSSR count). The van der Waals surface area contributed by atoms with Gasteiger partial charge in [-0.3, -0.25) is 4.79 Å². The number of anilines is 1. The van der Waals surface area contributed by atoms with Gasteiger partial charge in [0.25, 0.3) is 0 Å². The predicted molar refractivity (Wildman–Crippen MR) is 97.2 cm³/mol. The van der Waals surface area contributed by atoms with Crippen LogP contribution >= 0.6 is 11.8 Å². The third-order valence-corrected chi connectivity index (χ3v) is 5.41. The van der Waals surface area contributed by atoms with Crippen molar-refractivity contribution in [2.24, 2.45) is 5.73 Å². The van der Waals surface area contributed by atoms with E-state index < -0.39 is 17.2 Å². The van der Waals surface area contributed by atoms with Gasteiger partial charge in [0.1, 0.15) is 5.75 Å². The van der Waals surface area contributed by atoms with E-state index in [9.17, 15) is 9.35 Å². The number of hydrogen-bond donors (Lipinski definition) is 2. The van der Waals surface area contributed by atoms with Gasteiger partial charge < -0.3 is 15.6 Å². The van der Waals surface area contributed by atoms with Crippen LogP contribution in [-0.2, 0) is 16.0 Å². The average Bonchev–Trinajstić information content (AvgIpc) is 2.60. The Kier molecular flexibility index (Phi) is 6.98. The fourth-order valence-corrected chi connectivity index (χ4v) is 3.71. The number of nitrogens with two attached hydrogens (primary N) is 1. The highest BCUT2D eigenvalue weighted by molar-refractivity contribution is 7.98. The number of amides is 1. The van der Waals surface area contributed by atoms with Crippen LogP contribution in [0.25, 0.3) is 0 Å². The molecule has 4 nitrogen and oxygen atoms in total. The molecule has 2 unspecified atom stereocenters. The Morgan fingerprint density at radius 2 is 2.00 bits per heavy atom. The van der Waals surface area contributed by atoms with Crippen LogP contribution in [0.5, 0.6) is 0 Å². The summed E-state index contributed by atoms with van der Waals surface area (Å²) in [4.78, 5) is 13.9. The SMILES string of the molecule is CSc1cccc([S+]([O-])CCC(N)C(=O)Nc2ccccc2)c1. The Morgan fingerprint density at radius 1 is 1.26 bits per heavy atom. The van der Waals surface area contributed by atoms with E-state index >= 15 is 0 Å². The van der Waals surface area contributed by atoms with Gasteiger partial charge in [-0.2, -0.15) is 0 Å². The monoisotopic (exact) mass is 348 g/mol. The number of thioether (sulfide) groups is 1. The van der Waals surface area contributed by atoms with Crippen LogP contribution < -0.4 is 11.1 Å². The van der Waals surface area contributed by atoms with Crippen molar-refractivity contribution in [3.63, 3.8) is 0 Å². The van der Waals surface area contributed by atoms with Gasteiger partial charge in [-0.1, -0.05) is 24.3 Å². The molecule has 0 saturated carbocycles. The molecule has 2 aromatic carbocycles. The van der Waals surface area contributed by atoms with Gasteiger partial charge in [-0.25, -0.2) is 0 Å². The topological polar surface area (TPSA) is 78.2 Å². The summed E-state index contributed by atoms with van der Waals surface area (Å²) in [5.74, 6) is 0.104. The largest absolute Gasteiger partial charge is 0.611 e. The van der Waals surface area contributed by atoms with Crippen molar-refractivity contribution >= 4 is 34.5 Å². The molecule has 6 heteroatoms. The number of carbonyl (C=O) groups is 1. The first-order valence-electron chi connectivity index (χ1n) is 7.24. The minimum atomic E-state index is -1.15. The van der Waals surface area contributed by atoms with Crippen molar-refractivity contribution in [2.75, 3.05) is 17.3 Å². The molecule has 0 aliphatic heterocycles. The van der Waals surface area contributed by atoms with Crippen LogP contribution in [0, 0.1) is 0 Å². The number of rotatable bonds is 7. The second kappa shape index (κ2) is 8.98. The third-order valence-electron chi connectivity index (χ3n) is 3.30. The molecule has 0 fully saturated rings. The lowest BCUT2D eigenvalue weighted by Crippen LogP contribution is -2.37. The predicted octanol–water partition coefficient (Wildman–Crippen LogP) is 2.87. The van der Waals surface area contributed by atoms with E-state index in [2.05, 4.69) is 5.32 Å². The zero-order valence-electron chi connectivity index (χ0n) is 12.9. The van der Waals surface area contributed by atoms with Crippen LogP contribution in [0.1, 0.15) is 6.42 Å². The van der Waals surface area contributed by atoms with Crippen LogP contribution in [0.3, 0.4) is 0 Å². The fourth-order valence-electron chi connectivity index (χ4n) is 1.98. The Labute approximate surface area is 144 Å². The molecule has 0 radical (unpaired) electrons. The van der Waals surface area contributed by atoms with E-state index in [1.165, 1.54) is 0 Å². The van der Waals surface area contributed by atoms with Gasteiger partial charge in [0.15, 0.2) is 4.90 Å². The molecule has 1 amide bonds. The van der Waals surface area contributed by atoms with Crippen LogP contribution in [0.4, 0.5) is 5.69 Å². The van der Waals surface area contributed by atoms with Gasteiger partial charge in [0.05, 0.1) is 6.04 Å². The quantitative estimate of drug-likeness (QED) is 0.596. The van der Waals surface area contributed by atoms with Crippen LogP contribution in [-0.4, -0.2) is 28.5 Å². The average molecular weight is 348 g/mol. The van der Waals surface area contributed by atoms with Crippen molar-refractivity contribution in [1.29, 1.82) is 0 Å². The standard InChI is InChI=1S/C17H20N2O2S2/c1-22-14-8-5-9-15(12-14)23(21)11-10-16(18)17(20)19-13-6-3-2-4-7-13/h2-9,12,16H,10-11,18H2,1H3,(H,19,20). The first kappa shape index (κ1) is 17.9. The molecular weight excluding hydrogens is 328 g/mol. The fraction of sp³-hybridized carbons (Fsp3) is 0.235. The molecule has 0 saturated heterocycles. The van der Waals surface area contributed by atoms with Crippen molar-refractivity contribution in [3.8, 4) is 0 Å². The second-order valence-electron chi connectivity index (χ2n) is 4.98. The second-order valence-corrected chi connectivity index (χ2v) is 7.43. The normalized spacial score (nSPS) is 13.3. The maximum Gasteiger partial charge on any atom is 0.241 e. The molecule has 0 bridgehead atoms. The summed E-state index contributed by atoms with van der Waals surface area (Å²) in [6.07, 6.45) is 2.35. The van der Waals surface area contributed by atoms with Crippen molar-refractivity contribution in [1.82, 2.24) is 0 Å². The van der Waals surface area contributed by atoms with Crippen molar-refractivity contribution in [2.45, 2.75) is 22.3 Å². The molecule has 3 N–H and O–H groups in total. The van der Waals surface area contributed by atoms with Gasteiger partial charge in [-0.15, -0.1) is 11.8 Å². The highest BCUT2D eigenvalue weighted by atomic mass is 32.2. The summed E-state index contributed by atoms with van der Waals surface area (Å²) >= 11 is 0.455. The highest BCUT2D eigenvalue weighted by Gasteiger charge is 2.18. The zero-order valence-corrected chi connectivity index (χ0v) is 14.5. The van der Waals surface area contributed by atoms with Crippen molar-refractivity contribution < 1.29 is 9.35 Å². The van der Waals surface area contributed by atoms with Gasteiger partial charge in [0.2, 0.25) is 5.91 Å². The molecule has 0 aliphatic carbocycles. The molecule has 0 heterocycles. The molecular formula is C17H20N2O2S2. The lowest BCUT2D eigenvalue weighted by molar-refractivity contribution is -0.117. The maximum atomic E-state index is 12.3. The Hall–Kier alpha value is -1.47.